The van der Waals surface area contributed by atoms with Gasteiger partial charge < -0.3 is 4.74 Å². The van der Waals surface area contributed by atoms with E-state index in [-0.39, 0.29) is 29.0 Å². The summed E-state index contributed by atoms with van der Waals surface area (Å²) in [5.41, 5.74) is -0.414. The van der Waals surface area contributed by atoms with Gasteiger partial charge in [-0.15, -0.1) is 5.10 Å². The summed E-state index contributed by atoms with van der Waals surface area (Å²) in [7, 11) is -3.57. The molecule has 8 heteroatoms. The molecule has 1 atom stereocenters. The van der Waals surface area contributed by atoms with E-state index >= 15 is 0 Å². The molecule has 1 fully saturated rings. The Bertz CT molecular complexity index is 648. The molecular formula is C14H25N3O4S. The first-order chi connectivity index (χ1) is 10.2. The highest BCUT2D eigenvalue weighted by Gasteiger charge is 2.26. The molecule has 1 aromatic heterocycles. The second-order valence-electron chi connectivity index (χ2n) is 7.04. The van der Waals surface area contributed by atoms with Crippen LogP contribution in [0.4, 0.5) is 0 Å². The summed E-state index contributed by atoms with van der Waals surface area (Å²) in [6.07, 6.45) is 3.00. The van der Waals surface area contributed by atoms with Crippen LogP contribution in [0.15, 0.2) is 9.95 Å². The van der Waals surface area contributed by atoms with E-state index in [1.807, 2.05) is 0 Å². The molecule has 0 aliphatic carbocycles. The predicted octanol–water partition coefficient (Wildman–Crippen LogP) is 1.35. The first kappa shape index (κ1) is 17.2. The molecule has 1 aliphatic rings. The van der Waals surface area contributed by atoms with Crippen LogP contribution in [0.5, 0.6) is 0 Å². The van der Waals surface area contributed by atoms with E-state index in [0.29, 0.717) is 13.0 Å². The van der Waals surface area contributed by atoms with Crippen LogP contribution in [0.25, 0.3) is 0 Å². The highest BCUT2D eigenvalue weighted by molar-refractivity contribution is 7.91. The van der Waals surface area contributed by atoms with Crippen molar-refractivity contribution in [1.29, 1.82) is 0 Å². The number of nitrogens with zero attached hydrogens (tertiary/aromatic N) is 2. The lowest BCUT2D eigenvalue weighted by Gasteiger charge is -2.17. The highest BCUT2D eigenvalue weighted by atomic mass is 32.2. The van der Waals surface area contributed by atoms with Gasteiger partial charge in [-0.1, -0.05) is 20.8 Å². The Hall–Kier alpha value is -1.15. The van der Waals surface area contributed by atoms with Crippen molar-refractivity contribution in [3.05, 3.63) is 10.5 Å². The lowest BCUT2D eigenvalue weighted by molar-refractivity contribution is 0.0940. The van der Waals surface area contributed by atoms with Gasteiger partial charge in [0, 0.05) is 6.61 Å². The van der Waals surface area contributed by atoms with E-state index in [9.17, 15) is 13.2 Å². The fraction of sp³-hybridized carbons (Fsp3) is 0.857. The maximum Gasteiger partial charge on any atom is 0.344 e. The Morgan fingerprint density at radius 1 is 1.41 bits per heavy atom. The van der Waals surface area contributed by atoms with Gasteiger partial charge in [-0.2, -0.15) is 0 Å². The minimum Gasteiger partial charge on any atom is -0.376 e. The summed E-state index contributed by atoms with van der Waals surface area (Å²) in [6, 6.07) is 0. The van der Waals surface area contributed by atoms with Crippen molar-refractivity contribution in [1.82, 2.24) is 14.8 Å². The van der Waals surface area contributed by atoms with Gasteiger partial charge in [0.25, 0.3) is 0 Å². The van der Waals surface area contributed by atoms with Gasteiger partial charge in [0.05, 0.1) is 18.4 Å². The maximum atomic E-state index is 12.4. The van der Waals surface area contributed by atoms with Crippen LogP contribution in [0.1, 0.15) is 46.5 Å². The van der Waals surface area contributed by atoms with Crippen molar-refractivity contribution in [2.24, 2.45) is 5.41 Å². The number of hydrogen-bond donors (Lipinski definition) is 1. The quantitative estimate of drug-likeness (QED) is 0.849. The fourth-order valence-corrected chi connectivity index (χ4v) is 3.96. The topological polar surface area (TPSA) is 94.0 Å². The number of sulfone groups is 1. The molecule has 0 bridgehead atoms. The second kappa shape index (κ2) is 6.54. The number of aromatic nitrogens is 3. The number of aromatic amines is 1. The number of H-pyrrole nitrogens is 1. The van der Waals surface area contributed by atoms with Crippen molar-refractivity contribution in [3.63, 3.8) is 0 Å². The lowest BCUT2D eigenvalue weighted by Crippen LogP contribution is -2.28. The van der Waals surface area contributed by atoms with E-state index in [0.717, 1.165) is 19.3 Å². The summed E-state index contributed by atoms with van der Waals surface area (Å²) < 4.78 is 31.6. The van der Waals surface area contributed by atoms with Gasteiger partial charge >= 0.3 is 5.69 Å². The predicted molar refractivity (Wildman–Crippen MR) is 82.6 cm³/mol. The molecule has 7 nitrogen and oxygen atoms in total. The van der Waals surface area contributed by atoms with E-state index < -0.39 is 15.5 Å². The SMILES string of the molecule is CC(C)(C)CCCS(=O)(=O)c1n[nH]c(=O)n1C[C@@H]1CCCO1. The Kier molecular flexibility index (Phi) is 5.11. The number of nitrogens with one attached hydrogen (secondary N) is 1. The molecule has 0 radical (unpaired) electrons. The molecule has 0 spiro atoms. The summed E-state index contributed by atoms with van der Waals surface area (Å²) in [6.45, 7) is 7.11. The fourth-order valence-electron chi connectivity index (χ4n) is 2.58. The van der Waals surface area contributed by atoms with Crippen LogP contribution in [-0.2, 0) is 21.1 Å². The summed E-state index contributed by atoms with van der Waals surface area (Å²) >= 11 is 0. The number of rotatable bonds is 6. The van der Waals surface area contributed by atoms with Gasteiger partial charge in [0.2, 0.25) is 15.0 Å². The lowest BCUT2D eigenvalue weighted by atomic mass is 9.91. The molecule has 1 N–H and O–H groups in total. The Morgan fingerprint density at radius 3 is 2.73 bits per heavy atom. The third-order valence-corrected chi connectivity index (χ3v) is 5.45. The molecule has 2 rings (SSSR count). The molecular weight excluding hydrogens is 306 g/mol. The normalized spacial score (nSPS) is 19.7. The van der Waals surface area contributed by atoms with E-state index in [4.69, 9.17) is 4.74 Å². The van der Waals surface area contributed by atoms with Crippen molar-refractivity contribution in [2.45, 2.75) is 64.3 Å². The molecule has 1 saturated heterocycles. The molecule has 1 aromatic rings. The Balaban J connectivity index is 2.11. The van der Waals surface area contributed by atoms with Crippen LogP contribution in [0, 0.1) is 5.41 Å². The molecule has 0 unspecified atom stereocenters. The Labute approximate surface area is 131 Å². The van der Waals surface area contributed by atoms with Crippen molar-refractivity contribution < 1.29 is 13.2 Å². The minimum atomic E-state index is -3.57. The van der Waals surface area contributed by atoms with Crippen LogP contribution in [0.2, 0.25) is 0 Å². The smallest absolute Gasteiger partial charge is 0.344 e. The summed E-state index contributed by atoms with van der Waals surface area (Å²) in [5, 5.41) is 5.81. The van der Waals surface area contributed by atoms with Crippen LogP contribution >= 0.6 is 0 Å². The highest BCUT2D eigenvalue weighted by Crippen LogP contribution is 2.22. The molecule has 0 amide bonds. The molecule has 22 heavy (non-hydrogen) atoms. The van der Waals surface area contributed by atoms with Crippen LogP contribution in [0.3, 0.4) is 0 Å². The van der Waals surface area contributed by atoms with Crippen molar-refractivity contribution in [2.75, 3.05) is 12.4 Å². The zero-order valence-corrected chi connectivity index (χ0v) is 14.3. The van der Waals surface area contributed by atoms with Crippen molar-refractivity contribution in [3.8, 4) is 0 Å². The number of hydrogen-bond acceptors (Lipinski definition) is 5. The minimum absolute atomic E-state index is 0.0000865. The average molecular weight is 331 g/mol. The van der Waals surface area contributed by atoms with Gasteiger partial charge in [-0.3, -0.25) is 4.57 Å². The maximum absolute atomic E-state index is 12.4. The second-order valence-corrected chi connectivity index (χ2v) is 9.04. The molecule has 0 aromatic carbocycles. The molecule has 1 aliphatic heterocycles. The zero-order chi connectivity index (χ0) is 16.4. The van der Waals surface area contributed by atoms with Crippen LogP contribution < -0.4 is 5.69 Å². The zero-order valence-electron chi connectivity index (χ0n) is 13.5. The monoisotopic (exact) mass is 331 g/mol. The first-order valence-corrected chi connectivity index (χ1v) is 9.34. The molecule has 126 valence electrons. The third kappa shape index (κ3) is 4.42. The Morgan fingerprint density at radius 2 is 2.14 bits per heavy atom. The van der Waals surface area contributed by atoms with Gasteiger partial charge in [-0.05, 0) is 31.1 Å². The van der Waals surface area contributed by atoms with Gasteiger partial charge in [-0.25, -0.2) is 18.3 Å². The number of ether oxygens (including phenoxy) is 1. The van der Waals surface area contributed by atoms with E-state index in [1.165, 1.54) is 4.57 Å². The van der Waals surface area contributed by atoms with Gasteiger partial charge in [0.1, 0.15) is 0 Å². The van der Waals surface area contributed by atoms with Crippen LogP contribution in [-0.4, -0.2) is 41.6 Å². The van der Waals surface area contributed by atoms with E-state index in [1.54, 1.807) is 0 Å². The molecule has 0 saturated carbocycles. The summed E-state index contributed by atoms with van der Waals surface area (Å²) in [5.74, 6) is 0.0000865. The largest absolute Gasteiger partial charge is 0.376 e. The standard InChI is InChI=1S/C14H25N3O4S/c1-14(2,3)7-5-9-22(19,20)13-16-15-12(18)17(13)10-11-6-4-8-21-11/h11H,4-10H2,1-3H3,(H,15,18)/t11-/m0/s1. The summed E-state index contributed by atoms with van der Waals surface area (Å²) in [4.78, 5) is 11.8. The third-order valence-electron chi connectivity index (χ3n) is 3.75. The van der Waals surface area contributed by atoms with Crippen molar-refractivity contribution >= 4 is 9.84 Å². The van der Waals surface area contributed by atoms with E-state index in [2.05, 4.69) is 31.0 Å². The average Bonchev–Trinajstić information content (AvgIpc) is 2.99. The first-order valence-electron chi connectivity index (χ1n) is 7.69. The molecule has 2 heterocycles. The van der Waals surface area contributed by atoms with Gasteiger partial charge in [0.15, 0.2) is 0 Å².